The lowest BCUT2D eigenvalue weighted by Gasteiger charge is -2.45. The van der Waals surface area contributed by atoms with Crippen LogP contribution in [0.5, 0.6) is 0 Å². The molecule has 2 fully saturated rings. The number of rotatable bonds is 2. The first kappa shape index (κ1) is 12.8. The van der Waals surface area contributed by atoms with Crippen LogP contribution in [0.25, 0.3) is 0 Å². The summed E-state index contributed by atoms with van der Waals surface area (Å²) in [4.78, 5) is 7.08. The van der Waals surface area contributed by atoms with Crippen molar-refractivity contribution >= 4 is 22.9 Å². The number of aromatic nitrogens is 1. The van der Waals surface area contributed by atoms with Gasteiger partial charge in [0.1, 0.15) is 4.99 Å². The van der Waals surface area contributed by atoms with Crippen LogP contribution in [0.4, 0.5) is 5.69 Å². The Kier molecular flexibility index (Phi) is 3.66. The quantitative estimate of drug-likeness (QED) is 0.836. The van der Waals surface area contributed by atoms with E-state index in [0.717, 1.165) is 30.8 Å². The van der Waals surface area contributed by atoms with Crippen LogP contribution in [0.15, 0.2) is 18.5 Å². The minimum absolute atomic E-state index is 0.349. The first-order valence-corrected chi connectivity index (χ1v) is 7.30. The van der Waals surface area contributed by atoms with E-state index in [0.29, 0.717) is 17.1 Å². The van der Waals surface area contributed by atoms with Crippen LogP contribution in [0.2, 0.25) is 0 Å². The summed E-state index contributed by atoms with van der Waals surface area (Å²) >= 11 is 5.16. The van der Waals surface area contributed by atoms with Crippen molar-refractivity contribution in [1.29, 1.82) is 0 Å². The zero-order valence-corrected chi connectivity index (χ0v) is 11.7. The maximum Gasteiger partial charge on any atom is 0.106 e. The smallest absolute Gasteiger partial charge is 0.106 e. The fourth-order valence-electron chi connectivity index (χ4n) is 3.22. The van der Waals surface area contributed by atoms with Gasteiger partial charge >= 0.3 is 0 Å². The molecule has 1 aliphatic heterocycles. The van der Waals surface area contributed by atoms with Crippen LogP contribution in [0.1, 0.15) is 31.2 Å². The molecule has 0 spiro atoms. The Morgan fingerprint density at radius 3 is 3.11 bits per heavy atom. The summed E-state index contributed by atoms with van der Waals surface area (Å²) in [6, 6.07) is 2.35. The summed E-state index contributed by atoms with van der Waals surface area (Å²) < 4.78 is 5.91. The van der Waals surface area contributed by atoms with E-state index < -0.39 is 0 Å². The maximum absolute atomic E-state index is 5.91. The average molecular weight is 277 g/mol. The molecule has 19 heavy (non-hydrogen) atoms. The molecule has 102 valence electrons. The Labute approximate surface area is 118 Å². The van der Waals surface area contributed by atoms with Crippen molar-refractivity contribution in [3.05, 3.63) is 24.0 Å². The van der Waals surface area contributed by atoms with E-state index in [2.05, 4.69) is 9.88 Å². The zero-order valence-electron chi connectivity index (χ0n) is 10.9. The van der Waals surface area contributed by atoms with Gasteiger partial charge in [0.2, 0.25) is 0 Å². The van der Waals surface area contributed by atoms with Gasteiger partial charge in [-0.05, 0) is 18.9 Å². The lowest BCUT2D eigenvalue weighted by atomic mass is 9.89. The van der Waals surface area contributed by atoms with Gasteiger partial charge in [0.25, 0.3) is 0 Å². The maximum atomic E-state index is 5.91. The van der Waals surface area contributed by atoms with Crippen molar-refractivity contribution in [3.63, 3.8) is 0 Å². The second-order valence-electron chi connectivity index (χ2n) is 5.21. The van der Waals surface area contributed by atoms with E-state index in [1.165, 1.54) is 19.3 Å². The lowest BCUT2D eigenvalue weighted by Crippen LogP contribution is -2.53. The van der Waals surface area contributed by atoms with Crippen molar-refractivity contribution in [2.24, 2.45) is 5.73 Å². The van der Waals surface area contributed by atoms with Gasteiger partial charge in [-0.25, -0.2) is 0 Å². The summed E-state index contributed by atoms with van der Waals surface area (Å²) in [5, 5.41) is 0. The third-order valence-electron chi connectivity index (χ3n) is 4.11. The Morgan fingerprint density at radius 1 is 1.42 bits per heavy atom. The van der Waals surface area contributed by atoms with Crippen LogP contribution in [-0.4, -0.2) is 35.3 Å². The molecule has 1 saturated carbocycles. The predicted octanol–water partition coefficient (Wildman–Crippen LogP) is 1.86. The molecule has 0 aromatic carbocycles. The summed E-state index contributed by atoms with van der Waals surface area (Å²) in [5.74, 6) is 0. The predicted molar refractivity (Wildman–Crippen MR) is 79.5 cm³/mol. The standard InChI is InChI=1S/C14H19N3OS/c15-14(19)10-5-6-16-9-12(10)17-7-8-18-13-4-2-1-3-11(13)17/h5-6,9,11,13H,1-4,7-8H2,(H2,15,19). The second-order valence-corrected chi connectivity index (χ2v) is 5.65. The van der Waals surface area contributed by atoms with E-state index in [-0.39, 0.29) is 0 Å². The first-order valence-electron chi connectivity index (χ1n) is 6.89. The van der Waals surface area contributed by atoms with Gasteiger partial charge in [0, 0.05) is 18.3 Å². The highest BCUT2D eigenvalue weighted by Crippen LogP contribution is 2.33. The molecule has 5 heteroatoms. The Bertz CT molecular complexity index is 478. The van der Waals surface area contributed by atoms with E-state index >= 15 is 0 Å². The molecule has 4 nitrogen and oxygen atoms in total. The van der Waals surface area contributed by atoms with Gasteiger partial charge in [0.05, 0.1) is 30.6 Å². The highest BCUT2D eigenvalue weighted by atomic mass is 32.1. The zero-order chi connectivity index (χ0) is 13.2. The molecule has 0 radical (unpaired) electrons. The highest BCUT2D eigenvalue weighted by Gasteiger charge is 2.35. The van der Waals surface area contributed by atoms with Gasteiger partial charge in [-0.1, -0.05) is 25.1 Å². The van der Waals surface area contributed by atoms with Crippen molar-refractivity contribution in [1.82, 2.24) is 4.98 Å². The van der Waals surface area contributed by atoms with E-state index in [1.54, 1.807) is 6.20 Å². The van der Waals surface area contributed by atoms with Gasteiger partial charge in [-0.3, -0.25) is 4.98 Å². The Balaban J connectivity index is 1.94. The van der Waals surface area contributed by atoms with Crippen molar-refractivity contribution in [2.45, 2.75) is 37.8 Å². The number of nitrogens with two attached hydrogens (primary N) is 1. The van der Waals surface area contributed by atoms with Gasteiger partial charge in [-0.15, -0.1) is 0 Å². The average Bonchev–Trinajstić information content (AvgIpc) is 2.46. The van der Waals surface area contributed by atoms with Crippen LogP contribution in [-0.2, 0) is 4.74 Å². The third kappa shape index (κ3) is 2.44. The number of morpholine rings is 1. The lowest BCUT2D eigenvalue weighted by molar-refractivity contribution is -0.00870. The molecule has 1 saturated heterocycles. The second kappa shape index (κ2) is 5.43. The summed E-state index contributed by atoms with van der Waals surface area (Å²) in [7, 11) is 0. The van der Waals surface area contributed by atoms with Gasteiger partial charge in [0.15, 0.2) is 0 Å². The molecule has 1 aromatic rings. The topological polar surface area (TPSA) is 51.4 Å². The summed E-state index contributed by atoms with van der Waals surface area (Å²) in [6.07, 6.45) is 8.85. The minimum atomic E-state index is 0.349. The number of thiocarbonyl (C=S) groups is 1. The molecule has 2 N–H and O–H groups in total. The largest absolute Gasteiger partial charge is 0.389 e. The Hall–Kier alpha value is -1.20. The van der Waals surface area contributed by atoms with Crippen molar-refractivity contribution in [2.75, 3.05) is 18.1 Å². The fourth-order valence-corrected chi connectivity index (χ4v) is 3.39. The van der Waals surface area contributed by atoms with Gasteiger partial charge in [-0.2, -0.15) is 0 Å². The number of pyridine rings is 1. The Morgan fingerprint density at radius 2 is 2.26 bits per heavy atom. The summed E-state index contributed by atoms with van der Waals surface area (Å²) in [5.41, 5.74) is 7.83. The van der Waals surface area contributed by atoms with Crippen LogP contribution < -0.4 is 10.6 Å². The number of hydrogen-bond acceptors (Lipinski definition) is 4. The molecule has 1 aliphatic carbocycles. The number of nitrogens with zero attached hydrogens (tertiary/aromatic N) is 2. The third-order valence-corrected chi connectivity index (χ3v) is 4.33. The molecular formula is C14H19N3OS. The number of fused-ring (bicyclic) bond motifs is 1. The first-order chi connectivity index (χ1) is 9.27. The molecule has 3 rings (SSSR count). The van der Waals surface area contributed by atoms with Crippen molar-refractivity contribution < 1.29 is 4.74 Å². The molecule has 2 heterocycles. The normalized spacial score (nSPS) is 26.8. The molecule has 2 aliphatic rings. The molecular weight excluding hydrogens is 258 g/mol. The number of hydrogen-bond donors (Lipinski definition) is 1. The van der Waals surface area contributed by atoms with Crippen LogP contribution >= 0.6 is 12.2 Å². The fraction of sp³-hybridized carbons (Fsp3) is 0.571. The number of ether oxygens (including phenoxy) is 1. The molecule has 2 atom stereocenters. The molecule has 0 bridgehead atoms. The van der Waals surface area contributed by atoms with Crippen LogP contribution in [0.3, 0.4) is 0 Å². The number of anilines is 1. The highest BCUT2D eigenvalue weighted by molar-refractivity contribution is 7.80. The van der Waals surface area contributed by atoms with Crippen molar-refractivity contribution in [3.8, 4) is 0 Å². The minimum Gasteiger partial charge on any atom is -0.389 e. The van der Waals surface area contributed by atoms with E-state index in [9.17, 15) is 0 Å². The molecule has 1 aromatic heterocycles. The SMILES string of the molecule is NC(=S)c1ccncc1N1CCOC2CCCCC21. The monoisotopic (exact) mass is 277 g/mol. The molecule has 2 unspecified atom stereocenters. The van der Waals surface area contributed by atoms with E-state index in [1.807, 2.05) is 12.3 Å². The van der Waals surface area contributed by atoms with Gasteiger partial charge < -0.3 is 15.4 Å². The molecule has 0 amide bonds. The van der Waals surface area contributed by atoms with Crippen LogP contribution in [0, 0.1) is 0 Å². The van der Waals surface area contributed by atoms with E-state index in [4.69, 9.17) is 22.7 Å². The summed E-state index contributed by atoms with van der Waals surface area (Å²) in [6.45, 7) is 1.66.